The molecule has 0 spiro atoms. The van der Waals surface area contributed by atoms with Crippen LogP contribution in [-0.4, -0.2) is 50.6 Å². The molecular weight excluding hydrogens is 217 g/mol. The van der Waals surface area contributed by atoms with Crippen LogP contribution in [0.5, 0.6) is 0 Å². The zero-order valence-electron chi connectivity index (χ0n) is 8.42. The maximum Gasteiger partial charge on any atom is 0.411 e. The van der Waals surface area contributed by atoms with Crippen molar-refractivity contribution < 1.29 is 32.5 Å². The van der Waals surface area contributed by atoms with E-state index >= 15 is 0 Å². The standard InChI is InChI=1S/C8H15F3O4/c1-2-14-7(5-13-4-3-12)15-6-8(9,10)11/h7,12H,2-6H2,1H3. The first-order valence-corrected chi connectivity index (χ1v) is 4.48. The molecule has 7 heteroatoms. The van der Waals surface area contributed by atoms with E-state index in [9.17, 15) is 13.2 Å². The topological polar surface area (TPSA) is 47.9 Å². The highest BCUT2D eigenvalue weighted by atomic mass is 19.4. The molecule has 1 N–H and O–H groups in total. The fourth-order valence-corrected chi connectivity index (χ4v) is 0.762. The first-order valence-electron chi connectivity index (χ1n) is 4.48. The zero-order valence-corrected chi connectivity index (χ0v) is 8.42. The van der Waals surface area contributed by atoms with Crippen molar-refractivity contribution in [2.24, 2.45) is 0 Å². The number of aliphatic hydroxyl groups excluding tert-OH is 1. The van der Waals surface area contributed by atoms with Gasteiger partial charge in [-0.2, -0.15) is 13.2 Å². The summed E-state index contributed by atoms with van der Waals surface area (Å²) in [4.78, 5) is 0. The third-order valence-electron chi connectivity index (χ3n) is 1.28. The zero-order chi connectivity index (χ0) is 11.7. The molecule has 0 radical (unpaired) electrons. The second-order valence-electron chi connectivity index (χ2n) is 2.61. The molecule has 0 aliphatic rings. The van der Waals surface area contributed by atoms with Gasteiger partial charge in [0.05, 0.1) is 19.8 Å². The number of ether oxygens (including phenoxy) is 3. The highest BCUT2D eigenvalue weighted by Crippen LogP contribution is 2.15. The summed E-state index contributed by atoms with van der Waals surface area (Å²) in [5.41, 5.74) is 0. The molecule has 15 heavy (non-hydrogen) atoms. The fourth-order valence-electron chi connectivity index (χ4n) is 0.762. The lowest BCUT2D eigenvalue weighted by Gasteiger charge is -2.18. The summed E-state index contributed by atoms with van der Waals surface area (Å²) in [7, 11) is 0. The normalized spacial score (nSPS) is 14.2. The summed E-state index contributed by atoms with van der Waals surface area (Å²) in [6.07, 6.45) is -5.44. The molecule has 0 heterocycles. The molecule has 0 aliphatic carbocycles. The van der Waals surface area contributed by atoms with Gasteiger partial charge in [-0.1, -0.05) is 0 Å². The van der Waals surface area contributed by atoms with Gasteiger partial charge in [0.15, 0.2) is 6.29 Å². The van der Waals surface area contributed by atoms with Crippen LogP contribution in [0, 0.1) is 0 Å². The predicted octanol–water partition coefficient (Wildman–Crippen LogP) is 0.937. The van der Waals surface area contributed by atoms with E-state index in [1.54, 1.807) is 6.92 Å². The Morgan fingerprint density at radius 1 is 1.27 bits per heavy atom. The van der Waals surface area contributed by atoms with Gasteiger partial charge in [0, 0.05) is 6.61 Å². The molecule has 92 valence electrons. The average Bonchev–Trinajstić information content (AvgIpc) is 2.13. The molecule has 0 amide bonds. The van der Waals surface area contributed by atoms with Gasteiger partial charge in [-0.3, -0.25) is 0 Å². The van der Waals surface area contributed by atoms with Crippen molar-refractivity contribution in [1.29, 1.82) is 0 Å². The first-order chi connectivity index (χ1) is 6.99. The minimum atomic E-state index is -4.38. The second kappa shape index (κ2) is 7.86. The van der Waals surface area contributed by atoms with Crippen LogP contribution in [0.4, 0.5) is 13.2 Å². The van der Waals surface area contributed by atoms with Crippen molar-refractivity contribution >= 4 is 0 Å². The van der Waals surface area contributed by atoms with Crippen LogP contribution in [0.1, 0.15) is 6.92 Å². The maximum absolute atomic E-state index is 11.8. The van der Waals surface area contributed by atoms with Gasteiger partial charge in [0.25, 0.3) is 0 Å². The third-order valence-corrected chi connectivity index (χ3v) is 1.28. The lowest BCUT2D eigenvalue weighted by atomic mass is 10.6. The SMILES string of the molecule is CCOC(COCCO)OCC(F)(F)F. The van der Waals surface area contributed by atoms with Crippen molar-refractivity contribution in [3.05, 3.63) is 0 Å². The lowest BCUT2D eigenvalue weighted by molar-refractivity contribution is -0.239. The van der Waals surface area contributed by atoms with E-state index in [-0.39, 0.29) is 26.4 Å². The number of hydrogen-bond acceptors (Lipinski definition) is 4. The third kappa shape index (κ3) is 9.92. The number of hydrogen-bond donors (Lipinski definition) is 1. The number of aliphatic hydroxyl groups is 1. The molecule has 4 nitrogen and oxygen atoms in total. The van der Waals surface area contributed by atoms with Crippen LogP contribution >= 0.6 is 0 Å². The average molecular weight is 232 g/mol. The van der Waals surface area contributed by atoms with Crippen molar-refractivity contribution in [2.75, 3.05) is 33.0 Å². The maximum atomic E-state index is 11.8. The molecule has 1 atom stereocenters. The Hall–Kier alpha value is -0.370. The second-order valence-corrected chi connectivity index (χ2v) is 2.61. The first kappa shape index (κ1) is 14.6. The highest BCUT2D eigenvalue weighted by Gasteiger charge is 2.29. The van der Waals surface area contributed by atoms with Crippen LogP contribution in [0.2, 0.25) is 0 Å². The Bertz CT molecular complexity index is 151. The molecule has 0 saturated heterocycles. The Balaban J connectivity index is 3.72. The quantitative estimate of drug-likeness (QED) is 0.499. The molecular formula is C8H15F3O4. The lowest BCUT2D eigenvalue weighted by Crippen LogP contribution is -2.29. The Morgan fingerprint density at radius 2 is 1.93 bits per heavy atom. The molecule has 0 saturated carbocycles. The van der Waals surface area contributed by atoms with Gasteiger partial charge in [0.2, 0.25) is 0 Å². The Labute approximate surface area is 85.9 Å². The van der Waals surface area contributed by atoms with Crippen molar-refractivity contribution in [1.82, 2.24) is 0 Å². The summed E-state index contributed by atoms with van der Waals surface area (Å²) >= 11 is 0. The van der Waals surface area contributed by atoms with Crippen molar-refractivity contribution in [3.63, 3.8) is 0 Å². The Kier molecular flexibility index (Phi) is 7.67. The van der Waals surface area contributed by atoms with Gasteiger partial charge in [0.1, 0.15) is 6.61 Å². The van der Waals surface area contributed by atoms with Crippen LogP contribution in [0.15, 0.2) is 0 Å². The van der Waals surface area contributed by atoms with E-state index in [0.29, 0.717) is 0 Å². The largest absolute Gasteiger partial charge is 0.411 e. The van der Waals surface area contributed by atoms with E-state index in [1.165, 1.54) is 0 Å². The minimum Gasteiger partial charge on any atom is -0.394 e. The highest BCUT2D eigenvalue weighted by molar-refractivity contribution is 4.49. The summed E-state index contributed by atoms with van der Waals surface area (Å²) < 4.78 is 49.4. The van der Waals surface area contributed by atoms with E-state index in [0.717, 1.165) is 0 Å². The van der Waals surface area contributed by atoms with E-state index in [4.69, 9.17) is 14.6 Å². The van der Waals surface area contributed by atoms with Gasteiger partial charge in [-0.25, -0.2) is 0 Å². The summed E-state index contributed by atoms with van der Waals surface area (Å²) in [6.45, 7) is 0.197. The van der Waals surface area contributed by atoms with Crippen LogP contribution < -0.4 is 0 Å². The Morgan fingerprint density at radius 3 is 2.40 bits per heavy atom. The van der Waals surface area contributed by atoms with E-state index in [2.05, 4.69) is 4.74 Å². The molecule has 0 aromatic rings. The molecule has 0 fully saturated rings. The molecule has 0 bridgehead atoms. The van der Waals surface area contributed by atoms with Crippen LogP contribution in [0.25, 0.3) is 0 Å². The van der Waals surface area contributed by atoms with Crippen molar-refractivity contribution in [2.45, 2.75) is 19.4 Å². The van der Waals surface area contributed by atoms with Gasteiger partial charge in [-0.05, 0) is 6.92 Å². The van der Waals surface area contributed by atoms with Crippen molar-refractivity contribution in [3.8, 4) is 0 Å². The number of alkyl halides is 3. The number of halogens is 3. The predicted molar refractivity (Wildman–Crippen MR) is 45.3 cm³/mol. The van der Waals surface area contributed by atoms with E-state index < -0.39 is 19.1 Å². The monoisotopic (exact) mass is 232 g/mol. The summed E-state index contributed by atoms with van der Waals surface area (Å²) in [5.74, 6) is 0. The number of rotatable bonds is 8. The summed E-state index contributed by atoms with van der Waals surface area (Å²) in [6, 6.07) is 0. The van der Waals surface area contributed by atoms with Crippen LogP contribution in [0.3, 0.4) is 0 Å². The minimum absolute atomic E-state index is 0.0406. The van der Waals surface area contributed by atoms with Crippen LogP contribution in [-0.2, 0) is 14.2 Å². The van der Waals surface area contributed by atoms with Gasteiger partial charge >= 0.3 is 6.18 Å². The molecule has 0 aromatic heterocycles. The molecule has 0 rings (SSSR count). The van der Waals surface area contributed by atoms with Gasteiger partial charge < -0.3 is 19.3 Å². The smallest absolute Gasteiger partial charge is 0.394 e. The summed E-state index contributed by atoms with van der Waals surface area (Å²) in [5, 5.41) is 8.38. The fraction of sp³-hybridized carbons (Fsp3) is 1.00. The van der Waals surface area contributed by atoms with Gasteiger partial charge in [-0.15, -0.1) is 0 Å². The molecule has 1 unspecified atom stereocenters. The van der Waals surface area contributed by atoms with E-state index in [1.807, 2.05) is 0 Å². The molecule has 0 aliphatic heterocycles. The molecule has 0 aromatic carbocycles.